The van der Waals surface area contributed by atoms with Gasteiger partial charge in [0.1, 0.15) is 0 Å². The van der Waals surface area contributed by atoms with E-state index in [4.69, 9.17) is 23.2 Å². The summed E-state index contributed by atoms with van der Waals surface area (Å²) in [6, 6.07) is 6.20. The third-order valence-corrected chi connectivity index (χ3v) is 3.53. The number of nitrogens with one attached hydrogen (secondary N) is 1. The topological polar surface area (TPSA) is 12.0 Å². The molecule has 90 valence electrons. The van der Waals surface area contributed by atoms with E-state index in [0.29, 0.717) is 17.0 Å². The van der Waals surface area contributed by atoms with Crippen LogP contribution in [0.4, 0.5) is 0 Å². The zero-order chi connectivity index (χ0) is 12.1. The number of benzene rings is 1. The van der Waals surface area contributed by atoms with Gasteiger partial charge in [-0.25, -0.2) is 0 Å². The molecule has 0 aliphatic rings. The zero-order valence-corrected chi connectivity index (χ0v) is 11.6. The van der Waals surface area contributed by atoms with E-state index in [-0.39, 0.29) is 0 Å². The number of likely N-dealkylation sites (N-methyl/N-ethyl adjacent to an activating group) is 1. The maximum absolute atomic E-state index is 6.21. The Kier molecular flexibility index (Phi) is 5.60. The fraction of sp³-hybridized carbons (Fsp3) is 0.538. The molecule has 16 heavy (non-hydrogen) atoms. The van der Waals surface area contributed by atoms with Crippen LogP contribution < -0.4 is 5.32 Å². The molecule has 2 atom stereocenters. The Balaban J connectivity index is 2.89. The standard InChI is InChI=1S/C13H19Cl2N/c1-4-13(16-5-2)9(3)11-7-6-10(14)8-12(11)15/h6-9,13,16H,4-5H2,1-3H3. The van der Waals surface area contributed by atoms with Gasteiger partial charge in [0.2, 0.25) is 0 Å². The minimum atomic E-state index is 0.398. The lowest BCUT2D eigenvalue weighted by atomic mass is 9.91. The highest BCUT2D eigenvalue weighted by molar-refractivity contribution is 6.35. The van der Waals surface area contributed by atoms with E-state index in [0.717, 1.165) is 18.0 Å². The highest BCUT2D eigenvalue weighted by Gasteiger charge is 2.18. The van der Waals surface area contributed by atoms with Gasteiger partial charge >= 0.3 is 0 Å². The van der Waals surface area contributed by atoms with Crippen LogP contribution in [0.5, 0.6) is 0 Å². The van der Waals surface area contributed by atoms with Crippen LogP contribution in [0.3, 0.4) is 0 Å². The summed E-state index contributed by atoms with van der Waals surface area (Å²) < 4.78 is 0. The van der Waals surface area contributed by atoms with Gasteiger partial charge in [0.05, 0.1) is 0 Å². The monoisotopic (exact) mass is 259 g/mol. The lowest BCUT2D eigenvalue weighted by molar-refractivity contribution is 0.449. The molecule has 1 rings (SSSR count). The van der Waals surface area contributed by atoms with Crippen LogP contribution in [0, 0.1) is 0 Å². The van der Waals surface area contributed by atoms with Crippen molar-refractivity contribution in [2.75, 3.05) is 6.54 Å². The van der Waals surface area contributed by atoms with E-state index in [1.54, 1.807) is 0 Å². The summed E-state index contributed by atoms with van der Waals surface area (Å²) in [6.45, 7) is 7.49. The van der Waals surface area contributed by atoms with Gasteiger partial charge in [-0.15, -0.1) is 0 Å². The minimum Gasteiger partial charge on any atom is -0.314 e. The average molecular weight is 260 g/mol. The molecule has 1 aromatic carbocycles. The molecule has 2 unspecified atom stereocenters. The quantitative estimate of drug-likeness (QED) is 0.822. The van der Waals surface area contributed by atoms with Crippen molar-refractivity contribution in [2.24, 2.45) is 0 Å². The Morgan fingerprint density at radius 2 is 1.94 bits per heavy atom. The van der Waals surface area contributed by atoms with Gasteiger partial charge in [-0.05, 0) is 36.6 Å². The molecule has 0 aliphatic heterocycles. The van der Waals surface area contributed by atoms with Gasteiger partial charge in [0, 0.05) is 16.1 Å². The molecule has 0 saturated carbocycles. The third-order valence-electron chi connectivity index (χ3n) is 2.96. The summed E-state index contributed by atoms with van der Waals surface area (Å²) in [5.74, 6) is 0.398. The Morgan fingerprint density at radius 1 is 1.25 bits per heavy atom. The molecule has 0 aliphatic carbocycles. The maximum Gasteiger partial charge on any atom is 0.0456 e. The van der Waals surface area contributed by atoms with Crippen LogP contribution >= 0.6 is 23.2 Å². The van der Waals surface area contributed by atoms with Crippen LogP contribution in [0.25, 0.3) is 0 Å². The molecule has 3 heteroatoms. The first-order valence-electron chi connectivity index (χ1n) is 5.78. The Morgan fingerprint density at radius 3 is 2.44 bits per heavy atom. The first-order valence-corrected chi connectivity index (χ1v) is 6.54. The van der Waals surface area contributed by atoms with Crippen molar-refractivity contribution in [1.29, 1.82) is 0 Å². The molecule has 1 nitrogen and oxygen atoms in total. The Labute approximate surface area is 108 Å². The van der Waals surface area contributed by atoms with E-state index in [2.05, 4.69) is 26.1 Å². The van der Waals surface area contributed by atoms with E-state index in [9.17, 15) is 0 Å². The fourth-order valence-electron chi connectivity index (χ4n) is 2.02. The van der Waals surface area contributed by atoms with Crippen molar-refractivity contribution >= 4 is 23.2 Å². The van der Waals surface area contributed by atoms with Crippen molar-refractivity contribution in [3.05, 3.63) is 33.8 Å². The minimum absolute atomic E-state index is 0.398. The second-order valence-electron chi connectivity index (χ2n) is 4.03. The zero-order valence-electron chi connectivity index (χ0n) is 10.1. The predicted octanol–water partition coefficient (Wildman–Crippen LogP) is 4.49. The molecule has 1 aromatic rings. The van der Waals surface area contributed by atoms with Crippen molar-refractivity contribution in [1.82, 2.24) is 5.32 Å². The molecule has 0 amide bonds. The van der Waals surface area contributed by atoms with E-state index < -0.39 is 0 Å². The van der Waals surface area contributed by atoms with E-state index >= 15 is 0 Å². The first-order chi connectivity index (χ1) is 7.60. The van der Waals surface area contributed by atoms with Crippen LogP contribution in [0.15, 0.2) is 18.2 Å². The normalized spacial score (nSPS) is 14.8. The molecule has 0 heterocycles. The molecule has 0 aromatic heterocycles. The number of hydrogen-bond acceptors (Lipinski definition) is 1. The van der Waals surface area contributed by atoms with Gasteiger partial charge < -0.3 is 5.32 Å². The van der Waals surface area contributed by atoms with Gasteiger partial charge in [-0.1, -0.05) is 50.0 Å². The van der Waals surface area contributed by atoms with E-state index in [1.807, 2.05) is 18.2 Å². The number of halogens is 2. The van der Waals surface area contributed by atoms with Crippen LogP contribution in [-0.2, 0) is 0 Å². The van der Waals surface area contributed by atoms with Gasteiger partial charge in [0.15, 0.2) is 0 Å². The molecule has 1 N–H and O–H groups in total. The summed E-state index contributed by atoms with van der Waals surface area (Å²) in [6.07, 6.45) is 1.09. The van der Waals surface area contributed by atoms with Gasteiger partial charge in [-0.3, -0.25) is 0 Å². The molecule has 0 spiro atoms. The number of rotatable bonds is 5. The molecule has 0 saturated heterocycles. The third kappa shape index (κ3) is 3.38. The summed E-state index contributed by atoms with van der Waals surface area (Å²) in [5.41, 5.74) is 1.17. The lowest BCUT2D eigenvalue weighted by Crippen LogP contribution is -2.33. The SMILES string of the molecule is CCNC(CC)C(C)c1ccc(Cl)cc1Cl. The molecule has 0 radical (unpaired) electrons. The predicted molar refractivity (Wildman–Crippen MR) is 72.6 cm³/mol. The summed E-state index contributed by atoms with van der Waals surface area (Å²) >= 11 is 12.1. The van der Waals surface area contributed by atoms with Crippen molar-refractivity contribution < 1.29 is 0 Å². The highest BCUT2D eigenvalue weighted by atomic mass is 35.5. The summed E-state index contributed by atoms with van der Waals surface area (Å²) in [5, 5.41) is 4.93. The maximum atomic E-state index is 6.21. The molecular weight excluding hydrogens is 241 g/mol. The Bertz CT molecular complexity index is 339. The van der Waals surface area contributed by atoms with Crippen molar-refractivity contribution in [2.45, 2.75) is 39.2 Å². The van der Waals surface area contributed by atoms with Crippen LogP contribution in [0.1, 0.15) is 38.7 Å². The average Bonchev–Trinajstić information content (AvgIpc) is 2.25. The molecule has 0 fully saturated rings. The highest BCUT2D eigenvalue weighted by Crippen LogP contribution is 2.30. The first kappa shape index (κ1) is 13.8. The van der Waals surface area contributed by atoms with E-state index in [1.165, 1.54) is 5.56 Å². The van der Waals surface area contributed by atoms with Crippen LogP contribution in [0.2, 0.25) is 10.0 Å². The molecule has 0 bridgehead atoms. The number of hydrogen-bond donors (Lipinski definition) is 1. The second kappa shape index (κ2) is 6.48. The molecular formula is C13H19Cl2N. The largest absolute Gasteiger partial charge is 0.314 e. The fourth-order valence-corrected chi connectivity index (χ4v) is 2.60. The summed E-state index contributed by atoms with van der Waals surface area (Å²) in [7, 11) is 0. The van der Waals surface area contributed by atoms with Crippen LogP contribution in [-0.4, -0.2) is 12.6 Å². The smallest absolute Gasteiger partial charge is 0.0456 e. The second-order valence-corrected chi connectivity index (χ2v) is 4.87. The van der Waals surface area contributed by atoms with Gasteiger partial charge in [-0.2, -0.15) is 0 Å². The van der Waals surface area contributed by atoms with Crippen molar-refractivity contribution in [3.8, 4) is 0 Å². The van der Waals surface area contributed by atoms with Crippen molar-refractivity contribution in [3.63, 3.8) is 0 Å². The lowest BCUT2D eigenvalue weighted by Gasteiger charge is -2.24. The Hall–Kier alpha value is -0.240. The summed E-state index contributed by atoms with van der Waals surface area (Å²) in [4.78, 5) is 0. The van der Waals surface area contributed by atoms with Gasteiger partial charge in [0.25, 0.3) is 0 Å².